The zero-order valence-electron chi connectivity index (χ0n) is 13.7. The Morgan fingerprint density at radius 1 is 0.950 bits per heavy atom. The van der Waals surface area contributed by atoms with E-state index >= 15 is 0 Å². The number of nitrogens with zero attached hydrogens (tertiary/aromatic N) is 1. The Morgan fingerprint density at radius 2 is 1.60 bits per heavy atom. The molecule has 0 fully saturated rings. The fraction of sp³-hybridized carbons (Fsp3) is 0.579. The van der Waals surface area contributed by atoms with E-state index in [-0.39, 0.29) is 0 Å². The van der Waals surface area contributed by atoms with E-state index in [2.05, 4.69) is 69.9 Å². The van der Waals surface area contributed by atoms with Crippen molar-refractivity contribution in [3.05, 3.63) is 47.0 Å². The normalized spacial score (nSPS) is 27.9. The van der Waals surface area contributed by atoms with Gasteiger partial charge in [0.05, 0.1) is 0 Å². The molecule has 0 amide bonds. The molecule has 1 heteroatoms. The van der Waals surface area contributed by atoms with Gasteiger partial charge in [0.15, 0.2) is 0 Å². The first-order chi connectivity index (χ1) is 9.60. The molecule has 2 rings (SSSR count). The zero-order valence-corrected chi connectivity index (χ0v) is 13.7. The van der Waals surface area contributed by atoms with Crippen molar-refractivity contribution < 1.29 is 0 Å². The second kappa shape index (κ2) is 6.58. The van der Waals surface area contributed by atoms with E-state index in [1.807, 2.05) is 0 Å². The third-order valence-electron chi connectivity index (χ3n) is 5.26. The van der Waals surface area contributed by atoms with Gasteiger partial charge in [-0.2, -0.15) is 0 Å². The number of hydrogen-bond acceptors (Lipinski definition) is 1. The second-order valence-corrected chi connectivity index (χ2v) is 6.19. The average molecular weight is 271 g/mol. The van der Waals surface area contributed by atoms with Gasteiger partial charge in [0, 0.05) is 18.6 Å². The molecule has 1 nitrogen and oxygen atoms in total. The van der Waals surface area contributed by atoms with Crippen molar-refractivity contribution in [1.82, 2.24) is 4.90 Å². The Morgan fingerprint density at radius 3 is 2.15 bits per heavy atom. The van der Waals surface area contributed by atoms with Crippen molar-refractivity contribution in [3.8, 4) is 0 Å². The smallest absolute Gasteiger partial charge is 0.0285 e. The molecule has 1 heterocycles. The van der Waals surface area contributed by atoms with Crippen LogP contribution in [-0.4, -0.2) is 17.0 Å². The van der Waals surface area contributed by atoms with Gasteiger partial charge in [0.1, 0.15) is 0 Å². The van der Waals surface area contributed by atoms with Gasteiger partial charge in [-0.05, 0) is 45.1 Å². The minimum atomic E-state index is 0.558. The quantitative estimate of drug-likeness (QED) is 0.694. The van der Waals surface area contributed by atoms with Gasteiger partial charge in [-0.3, -0.25) is 4.90 Å². The van der Waals surface area contributed by atoms with Crippen LogP contribution in [0.25, 0.3) is 0 Å². The molecular weight excluding hydrogens is 242 g/mol. The Bertz CT molecular complexity index is 460. The van der Waals surface area contributed by atoms with Crippen molar-refractivity contribution in [3.63, 3.8) is 0 Å². The molecule has 0 saturated carbocycles. The Hall–Kier alpha value is -1.08. The second-order valence-electron chi connectivity index (χ2n) is 6.19. The van der Waals surface area contributed by atoms with E-state index in [0.29, 0.717) is 12.1 Å². The highest BCUT2D eigenvalue weighted by Gasteiger charge is 2.35. The van der Waals surface area contributed by atoms with Gasteiger partial charge in [0.25, 0.3) is 0 Å². The van der Waals surface area contributed by atoms with E-state index in [9.17, 15) is 0 Å². The number of benzene rings is 1. The Balaban J connectivity index is 2.30. The lowest BCUT2D eigenvalue weighted by Gasteiger charge is -2.46. The standard InChI is InChI=1S/C19H29N/c1-6-18-15(4)14(3)16(5)20(19(18)7-2)13-17-11-9-8-10-12-17/h8-12,16,18-19H,6-7,13H2,1-5H3/t16-,18+,19-/m0/s1. The predicted molar refractivity (Wildman–Crippen MR) is 87.7 cm³/mol. The summed E-state index contributed by atoms with van der Waals surface area (Å²) in [7, 11) is 0. The summed E-state index contributed by atoms with van der Waals surface area (Å²) in [6, 6.07) is 12.1. The largest absolute Gasteiger partial charge is 0.289 e. The summed E-state index contributed by atoms with van der Waals surface area (Å²) in [5.41, 5.74) is 4.65. The molecule has 0 aliphatic carbocycles. The van der Waals surface area contributed by atoms with Crippen molar-refractivity contribution in [2.75, 3.05) is 0 Å². The van der Waals surface area contributed by atoms with E-state index in [1.165, 1.54) is 18.4 Å². The molecule has 1 aromatic carbocycles. The zero-order chi connectivity index (χ0) is 14.7. The van der Waals surface area contributed by atoms with Gasteiger partial charge in [-0.1, -0.05) is 55.3 Å². The minimum Gasteiger partial charge on any atom is -0.289 e. The van der Waals surface area contributed by atoms with Crippen molar-refractivity contribution in [2.24, 2.45) is 5.92 Å². The van der Waals surface area contributed by atoms with Crippen LogP contribution in [0.15, 0.2) is 41.5 Å². The summed E-state index contributed by atoms with van der Waals surface area (Å²) in [5, 5.41) is 0. The predicted octanol–water partition coefficient (Wildman–Crippen LogP) is 5.03. The molecule has 1 aliphatic heterocycles. The van der Waals surface area contributed by atoms with Crippen LogP contribution in [0.2, 0.25) is 0 Å². The third kappa shape index (κ3) is 2.83. The summed E-state index contributed by atoms with van der Waals surface area (Å²) in [6.07, 6.45) is 2.49. The van der Waals surface area contributed by atoms with Crippen molar-refractivity contribution in [1.29, 1.82) is 0 Å². The van der Waals surface area contributed by atoms with Crippen LogP contribution >= 0.6 is 0 Å². The van der Waals surface area contributed by atoms with Crippen LogP contribution in [0.3, 0.4) is 0 Å². The first kappa shape index (κ1) is 15.3. The molecule has 0 saturated heterocycles. The van der Waals surface area contributed by atoms with E-state index in [1.54, 1.807) is 11.1 Å². The van der Waals surface area contributed by atoms with E-state index in [0.717, 1.165) is 12.5 Å². The molecule has 0 radical (unpaired) electrons. The van der Waals surface area contributed by atoms with Gasteiger partial charge in [0.2, 0.25) is 0 Å². The lowest BCUT2D eigenvalue weighted by atomic mass is 9.78. The van der Waals surface area contributed by atoms with Crippen molar-refractivity contribution >= 4 is 0 Å². The first-order valence-electron chi connectivity index (χ1n) is 8.07. The number of hydrogen-bond donors (Lipinski definition) is 0. The molecule has 20 heavy (non-hydrogen) atoms. The minimum absolute atomic E-state index is 0.558. The fourth-order valence-corrected chi connectivity index (χ4v) is 3.82. The molecule has 0 unspecified atom stereocenters. The van der Waals surface area contributed by atoms with Crippen LogP contribution in [0.5, 0.6) is 0 Å². The van der Waals surface area contributed by atoms with Gasteiger partial charge in [-0.15, -0.1) is 0 Å². The topological polar surface area (TPSA) is 3.24 Å². The maximum atomic E-state index is 2.71. The van der Waals surface area contributed by atoms with Crippen LogP contribution in [0.1, 0.15) is 53.0 Å². The van der Waals surface area contributed by atoms with Crippen LogP contribution in [-0.2, 0) is 6.54 Å². The summed E-state index contributed by atoms with van der Waals surface area (Å²) < 4.78 is 0. The molecule has 0 aromatic heterocycles. The molecule has 3 atom stereocenters. The lowest BCUT2D eigenvalue weighted by molar-refractivity contribution is 0.0940. The van der Waals surface area contributed by atoms with Crippen LogP contribution in [0, 0.1) is 5.92 Å². The molecular formula is C19H29N. The highest BCUT2D eigenvalue weighted by Crippen LogP contribution is 2.37. The maximum absolute atomic E-state index is 2.71. The van der Waals surface area contributed by atoms with Crippen molar-refractivity contribution in [2.45, 2.75) is 66.1 Å². The van der Waals surface area contributed by atoms with E-state index in [4.69, 9.17) is 0 Å². The summed E-state index contributed by atoms with van der Waals surface area (Å²) >= 11 is 0. The maximum Gasteiger partial charge on any atom is 0.0285 e. The lowest BCUT2D eigenvalue weighted by Crippen LogP contribution is -2.49. The molecule has 1 aromatic rings. The third-order valence-corrected chi connectivity index (χ3v) is 5.26. The van der Waals surface area contributed by atoms with E-state index < -0.39 is 0 Å². The average Bonchev–Trinajstić information content (AvgIpc) is 2.48. The fourth-order valence-electron chi connectivity index (χ4n) is 3.82. The van der Waals surface area contributed by atoms with Crippen LogP contribution in [0.4, 0.5) is 0 Å². The van der Waals surface area contributed by atoms with Gasteiger partial charge >= 0.3 is 0 Å². The molecule has 0 bridgehead atoms. The molecule has 1 aliphatic rings. The summed E-state index contributed by atoms with van der Waals surface area (Å²) in [4.78, 5) is 2.71. The van der Waals surface area contributed by atoms with Crippen LogP contribution < -0.4 is 0 Å². The Labute approximate surface area is 124 Å². The molecule has 0 N–H and O–H groups in total. The van der Waals surface area contributed by atoms with Gasteiger partial charge < -0.3 is 0 Å². The summed E-state index contributed by atoms with van der Waals surface area (Å²) in [6.45, 7) is 12.8. The highest BCUT2D eigenvalue weighted by molar-refractivity contribution is 5.25. The number of rotatable bonds is 4. The SMILES string of the molecule is CC[C@@H]1C(C)=C(C)[C@H](C)N(Cc2ccccc2)[C@H]1CC. The molecule has 0 spiro atoms. The summed E-state index contributed by atoms with van der Waals surface area (Å²) in [5.74, 6) is 0.722. The monoisotopic (exact) mass is 271 g/mol. The molecule has 110 valence electrons. The highest BCUT2D eigenvalue weighted by atomic mass is 15.2. The van der Waals surface area contributed by atoms with Gasteiger partial charge in [-0.25, -0.2) is 0 Å². The Kier molecular flexibility index (Phi) is 5.04. The first-order valence-corrected chi connectivity index (χ1v) is 8.07.